The Kier molecular flexibility index (Phi) is 5.11. The molecule has 2 rings (SSSR count). The number of nitrogens with zero attached hydrogens (tertiary/aromatic N) is 1. The Balaban J connectivity index is 1.91. The minimum absolute atomic E-state index is 0.0646. The molecule has 1 aliphatic heterocycles. The predicted octanol–water partition coefficient (Wildman–Crippen LogP) is 2.62. The van der Waals surface area contributed by atoms with Crippen LogP contribution >= 0.6 is 0 Å². The zero-order valence-electron chi connectivity index (χ0n) is 11.8. The molecule has 1 saturated heterocycles. The van der Waals surface area contributed by atoms with Gasteiger partial charge in [-0.05, 0) is 32.7 Å². The third-order valence-electron chi connectivity index (χ3n) is 3.99. The van der Waals surface area contributed by atoms with Crippen LogP contribution in [0, 0.1) is 5.92 Å². The molecule has 1 unspecified atom stereocenters. The number of benzene rings is 1. The Morgan fingerprint density at radius 1 is 1.32 bits per heavy atom. The monoisotopic (exact) mass is 261 g/mol. The van der Waals surface area contributed by atoms with Gasteiger partial charge < -0.3 is 4.74 Å². The topological polar surface area (TPSA) is 29.5 Å². The molecule has 3 nitrogen and oxygen atoms in total. The van der Waals surface area contributed by atoms with Gasteiger partial charge in [0.05, 0.1) is 6.04 Å². The summed E-state index contributed by atoms with van der Waals surface area (Å²) in [6, 6.07) is 9.48. The van der Waals surface area contributed by atoms with E-state index in [2.05, 4.69) is 4.90 Å². The van der Waals surface area contributed by atoms with E-state index >= 15 is 0 Å². The summed E-state index contributed by atoms with van der Waals surface area (Å²) in [6.07, 6.45) is 2.22. The highest BCUT2D eigenvalue weighted by molar-refractivity contribution is 5.99. The van der Waals surface area contributed by atoms with Gasteiger partial charge in [0.25, 0.3) is 0 Å². The second-order valence-corrected chi connectivity index (χ2v) is 5.40. The lowest BCUT2D eigenvalue weighted by atomic mass is 9.98. The Hall–Kier alpha value is -1.19. The second-order valence-electron chi connectivity index (χ2n) is 5.40. The number of hydrogen-bond donors (Lipinski definition) is 0. The van der Waals surface area contributed by atoms with Crippen molar-refractivity contribution < 1.29 is 9.53 Å². The minimum atomic E-state index is -0.0646. The number of hydrogen-bond acceptors (Lipinski definition) is 3. The van der Waals surface area contributed by atoms with Gasteiger partial charge in [-0.1, -0.05) is 30.3 Å². The molecule has 0 N–H and O–H groups in total. The van der Waals surface area contributed by atoms with E-state index in [1.165, 1.54) is 0 Å². The number of rotatable bonds is 5. The van der Waals surface area contributed by atoms with Crippen LogP contribution in [0.1, 0.15) is 30.1 Å². The van der Waals surface area contributed by atoms with Crippen molar-refractivity contribution in [3.8, 4) is 0 Å². The lowest BCUT2D eigenvalue weighted by Gasteiger charge is -2.30. The summed E-state index contributed by atoms with van der Waals surface area (Å²) in [5.74, 6) is 0.861. The maximum Gasteiger partial charge on any atom is 0.179 e. The fourth-order valence-electron chi connectivity index (χ4n) is 2.54. The fourth-order valence-corrected chi connectivity index (χ4v) is 2.54. The molecule has 0 saturated carbocycles. The summed E-state index contributed by atoms with van der Waals surface area (Å²) >= 11 is 0. The van der Waals surface area contributed by atoms with E-state index in [0.717, 1.165) is 38.2 Å². The molecule has 19 heavy (non-hydrogen) atoms. The summed E-state index contributed by atoms with van der Waals surface area (Å²) in [5.41, 5.74) is 0.800. The zero-order valence-corrected chi connectivity index (χ0v) is 11.8. The molecule has 3 heteroatoms. The molecule has 0 aromatic heterocycles. The summed E-state index contributed by atoms with van der Waals surface area (Å²) in [7, 11) is 2.04. The summed E-state index contributed by atoms with van der Waals surface area (Å²) in [4.78, 5) is 14.5. The van der Waals surface area contributed by atoms with Crippen LogP contribution in [0.25, 0.3) is 0 Å². The standard InChI is InChI=1S/C16H23NO2/c1-13(16(18)15-6-4-3-5-7-15)17(2)12-14-8-10-19-11-9-14/h3-7,13-14H,8-12H2,1-2H3. The number of likely N-dealkylation sites (N-methyl/N-ethyl adjacent to an activating group) is 1. The number of ketones is 1. The first kappa shape index (κ1) is 14.2. The van der Waals surface area contributed by atoms with Gasteiger partial charge in [0.1, 0.15) is 0 Å². The first-order valence-corrected chi connectivity index (χ1v) is 7.05. The molecule has 1 aromatic carbocycles. The van der Waals surface area contributed by atoms with Crippen molar-refractivity contribution in [1.82, 2.24) is 4.90 Å². The van der Waals surface area contributed by atoms with E-state index in [1.54, 1.807) is 0 Å². The Morgan fingerprint density at radius 2 is 1.95 bits per heavy atom. The maximum absolute atomic E-state index is 12.4. The van der Waals surface area contributed by atoms with Crippen LogP contribution < -0.4 is 0 Å². The van der Waals surface area contributed by atoms with Crippen molar-refractivity contribution in [2.45, 2.75) is 25.8 Å². The molecule has 1 heterocycles. The third-order valence-corrected chi connectivity index (χ3v) is 3.99. The molecule has 1 fully saturated rings. The molecule has 104 valence electrons. The Bertz CT molecular complexity index is 398. The average molecular weight is 261 g/mol. The van der Waals surface area contributed by atoms with Gasteiger partial charge in [0, 0.05) is 25.3 Å². The van der Waals surface area contributed by atoms with Crippen LogP contribution in [0.2, 0.25) is 0 Å². The van der Waals surface area contributed by atoms with Crippen molar-refractivity contribution in [1.29, 1.82) is 0 Å². The SMILES string of the molecule is CC(C(=O)c1ccccc1)N(C)CC1CCOCC1. The van der Waals surface area contributed by atoms with E-state index < -0.39 is 0 Å². The lowest BCUT2D eigenvalue weighted by Crippen LogP contribution is -2.40. The van der Waals surface area contributed by atoms with Gasteiger partial charge in [-0.2, -0.15) is 0 Å². The summed E-state index contributed by atoms with van der Waals surface area (Å²) in [5, 5.41) is 0. The lowest BCUT2D eigenvalue weighted by molar-refractivity contribution is 0.0497. The summed E-state index contributed by atoms with van der Waals surface area (Å²) in [6.45, 7) is 4.69. The van der Waals surface area contributed by atoms with Crippen LogP contribution in [0.15, 0.2) is 30.3 Å². The van der Waals surface area contributed by atoms with Crippen molar-refractivity contribution in [2.24, 2.45) is 5.92 Å². The van der Waals surface area contributed by atoms with E-state index in [1.807, 2.05) is 44.3 Å². The largest absolute Gasteiger partial charge is 0.381 e. The quantitative estimate of drug-likeness (QED) is 0.763. The van der Waals surface area contributed by atoms with Gasteiger partial charge in [-0.25, -0.2) is 0 Å². The fraction of sp³-hybridized carbons (Fsp3) is 0.562. The van der Waals surface area contributed by atoms with Gasteiger partial charge in [-0.3, -0.25) is 9.69 Å². The van der Waals surface area contributed by atoms with Crippen LogP contribution in [-0.4, -0.2) is 43.5 Å². The van der Waals surface area contributed by atoms with E-state index in [9.17, 15) is 4.79 Å². The zero-order chi connectivity index (χ0) is 13.7. The summed E-state index contributed by atoms with van der Waals surface area (Å²) < 4.78 is 5.37. The van der Waals surface area contributed by atoms with Crippen molar-refractivity contribution in [2.75, 3.05) is 26.8 Å². The molecule has 0 spiro atoms. The first-order chi connectivity index (χ1) is 9.18. The van der Waals surface area contributed by atoms with Crippen LogP contribution in [0.5, 0.6) is 0 Å². The number of carbonyl (C=O) groups excluding carboxylic acids is 1. The molecule has 1 atom stereocenters. The normalized spacial score (nSPS) is 18.5. The molecule has 0 radical (unpaired) electrons. The average Bonchev–Trinajstić information content (AvgIpc) is 2.47. The van der Waals surface area contributed by atoms with E-state index in [4.69, 9.17) is 4.74 Å². The highest BCUT2D eigenvalue weighted by Crippen LogP contribution is 2.17. The van der Waals surface area contributed by atoms with Crippen molar-refractivity contribution >= 4 is 5.78 Å². The maximum atomic E-state index is 12.4. The number of carbonyl (C=O) groups is 1. The van der Waals surface area contributed by atoms with Gasteiger partial charge in [0.15, 0.2) is 5.78 Å². The smallest absolute Gasteiger partial charge is 0.179 e. The van der Waals surface area contributed by atoms with Crippen molar-refractivity contribution in [3.05, 3.63) is 35.9 Å². The number of Topliss-reactive ketones (excluding diaryl/α,β-unsaturated/α-hetero) is 1. The molecular formula is C16H23NO2. The second kappa shape index (κ2) is 6.83. The minimum Gasteiger partial charge on any atom is -0.381 e. The highest BCUT2D eigenvalue weighted by Gasteiger charge is 2.23. The molecule has 0 bridgehead atoms. The number of ether oxygens (including phenoxy) is 1. The molecule has 1 aliphatic rings. The highest BCUT2D eigenvalue weighted by atomic mass is 16.5. The van der Waals surface area contributed by atoms with Crippen LogP contribution in [0.3, 0.4) is 0 Å². The van der Waals surface area contributed by atoms with Crippen LogP contribution in [-0.2, 0) is 4.74 Å². The third kappa shape index (κ3) is 3.88. The van der Waals surface area contributed by atoms with Gasteiger partial charge >= 0.3 is 0 Å². The van der Waals surface area contributed by atoms with E-state index in [0.29, 0.717) is 5.92 Å². The molecule has 0 aliphatic carbocycles. The van der Waals surface area contributed by atoms with E-state index in [-0.39, 0.29) is 11.8 Å². The Morgan fingerprint density at radius 3 is 2.58 bits per heavy atom. The first-order valence-electron chi connectivity index (χ1n) is 7.05. The van der Waals surface area contributed by atoms with Gasteiger partial charge in [0.2, 0.25) is 0 Å². The molecular weight excluding hydrogens is 238 g/mol. The van der Waals surface area contributed by atoms with Gasteiger partial charge in [-0.15, -0.1) is 0 Å². The molecule has 1 aromatic rings. The van der Waals surface area contributed by atoms with Crippen molar-refractivity contribution in [3.63, 3.8) is 0 Å². The molecule has 0 amide bonds. The van der Waals surface area contributed by atoms with Crippen LogP contribution in [0.4, 0.5) is 0 Å². The predicted molar refractivity (Wildman–Crippen MR) is 76.4 cm³/mol. The Labute approximate surface area is 115 Å².